The Morgan fingerprint density at radius 3 is 2.46 bits per heavy atom. The van der Waals surface area contributed by atoms with E-state index in [9.17, 15) is 19.5 Å². The molecule has 1 saturated heterocycles. The molecule has 0 unspecified atom stereocenters. The minimum atomic E-state index is -1.38. The largest absolute Gasteiger partial charge is 0.550 e. The summed E-state index contributed by atoms with van der Waals surface area (Å²) < 4.78 is 13.7. The number of amidine groups is 1. The molecule has 1 aliphatic rings. The molecule has 192 valence electrons. The molecule has 2 heterocycles. The first-order chi connectivity index (χ1) is 17.7. The van der Waals surface area contributed by atoms with Gasteiger partial charge in [-0.3, -0.25) is 14.3 Å². The highest BCUT2D eigenvalue weighted by molar-refractivity contribution is 8.15. The standard InChI is InChI=1S/C25H25N5O6S/c1-15-22(24(34)30(28(15)2)17-8-6-5-7-9-17)27-25-29(23(33)20(37-25)13-21(31)32)26-14-16-10-11-18(35-3)19(12-16)36-4/h5-12,14,20H,13H2,1-4H3,(H,31,32)/p-1/b26-14-,27-25?/t20-/m0/s1. The van der Waals surface area contributed by atoms with Crippen molar-refractivity contribution in [1.29, 1.82) is 0 Å². The van der Waals surface area contributed by atoms with Gasteiger partial charge in [0.2, 0.25) is 0 Å². The monoisotopic (exact) mass is 522 g/mol. The van der Waals surface area contributed by atoms with E-state index in [1.54, 1.807) is 49.0 Å². The first-order valence-corrected chi connectivity index (χ1v) is 12.0. The molecule has 0 spiro atoms. The minimum Gasteiger partial charge on any atom is -0.550 e. The van der Waals surface area contributed by atoms with Gasteiger partial charge in [-0.2, -0.15) is 10.1 Å². The van der Waals surface area contributed by atoms with Gasteiger partial charge in [0.05, 0.1) is 37.1 Å². The number of aliphatic imine (C=N–C) groups is 1. The van der Waals surface area contributed by atoms with Crippen molar-refractivity contribution < 1.29 is 24.2 Å². The van der Waals surface area contributed by atoms with Crippen LogP contribution in [0.5, 0.6) is 11.5 Å². The number of hydrazone groups is 1. The first-order valence-electron chi connectivity index (χ1n) is 11.1. The number of carboxylic acid groups (broad SMARTS) is 1. The maximum Gasteiger partial charge on any atom is 0.297 e. The molecule has 12 heteroatoms. The van der Waals surface area contributed by atoms with Crippen molar-refractivity contribution in [1.82, 2.24) is 14.4 Å². The maximum absolute atomic E-state index is 13.3. The molecule has 4 rings (SSSR count). The predicted molar refractivity (Wildman–Crippen MR) is 138 cm³/mol. The number of nitrogens with zero attached hydrogens (tertiary/aromatic N) is 5. The van der Waals surface area contributed by atoms with E-state index in [1.807, 2.05) is 18.2 Å². The van der Waals surface area contributed by atoms with E-state index in [-0.39, 0.29) is 16.4 Å². The van der Waals surface area contributed by atoms with Crippen LogP contribution in [-0.2, 0) is 16.6 Å². The summed E-state index contributed by atoms with van der Waals surface area (Å²) in [5.41, 5.74) is 1.53. The zero-order chi connectivity index (χ0) is 26.7. The van der Waals surface area contributed by atoms with Crippen molar-refractivity contribution in [3.8, 4) is 17.2 Å². The van der Waals surface area contributed by atoms with Crippen LogP contribution in [0.25, 0.3) is 5.69 Å². The van der Waals surface area contributed by atoms with Crippen molar-refractivity contribution in [2.75, 3.05) is 14.2 Å². The van der Waals surface area contributed by atoms with Crippen LogP contribution in [0.3, 0.4) is 0 Å². The second-order valence-electron chi connectivity index (χ2n) is 8.00. The van der Waals surface area contributed by atoms with E-state index < -0.39 is 23.5 Å². The van der Waals surface area contributed by atoms with E-state index in [0.29, 0.717) is 28.4 Å². The molecular formula is C25H24N5O6S-. The van der Waals surface area contributed by atoms with Crippen molar-refractivity contribution in [2.45, 2.75) is 18.6 Å². The van der Waals surface area contributed by atoms with Gasteiger partial charge in [0.15, 0.2) is 22.4 Å². The quantitative estimate of drug-likeness (QED) is 0.411. The lowest BCUT2D eigenvalue weighted by molar-refractivity contribution is -0.305. The van der Waals surface area contributed by atoms with Crippen LogP contribution in [0, 0.1) is 6.92 Å². The predicted octanol–water partition coefficient (Wildman–Crippen LogP) is 1.61. The lowest BCUT2D eigenvalue weighted by atomic mass is 10.2. The highest BCUT2D eigenvalue weighted by Crippen LogP contribution is 2.32. The Morgan fingerprint density at radius 2 is 1.81 bits per heavy atom. The Labute approximate surface area is 216 Å². The van der Waals surface area contributed by atoms with Gasteiger partial charge in [-0.25, -0.2) is 9.67 Å². The fraction of sp³-hybridized carbons (Fsp3) is 0.240. The molecule has 11 nitrogen and oxygen atoms in total. The summed E-state index contributed by atoms with van der Waals surface area (Å²) in [7, 11) is 4.74. The lowest BCUT2D eigenvalue weighted by Crippen LogP contribution is -2.32. The molecular weight excluding hydrogens is 498 g/mol. The molecule has 3 aromatic rings. The van der Waals surface area contributed by atoms with Gasteiger partial charge in [0, 0.05) is 19.4 Å². The third kappa shape index (κ3) is 5.14. The van der Waals surface area contributed by atoms with Crippen molar-refractivity contribution >= 4 is 40.7 Å². The number of carbonyl (C=O) groups excluding carboxylic acids is 2. The SMILES string of the molecule is COc1ccc(/C=N\N2C(=O)[C@H](CC(=O)[O-])SC2=Nc2c(C)n(C)n(-c3ccccc3)c2=O)cc1OC. The third-order valence-electron chi connectivity index (χ3n) is 5.73. The number of para-hydroxylation sites is 1. The molecule has 1 aliphatic heterocycles. The number of carboxylic acids is 1. The number of rotatable bonds is 8. The second kappa shape index (κ2) is 10.7. The number of methoxy groups -OCH3 is 2. The fourth-order valence-electron chi connectivity index (χ4n) is 3.75. The normalized spacial score (nSPS) is 16.6. The molecule has 0 N–H and O–H groups in total. The molecule has 0 radical (unpaired) electrons. The van der Waals surface area contributed by atoms with Crippen LogP contribution in [0.2, 0.25) is 0 Å². The molecule has 1 amide bonds. The number of hydrogen-bond acceptors (Lipinski definition) is 9. The topological polar surface area (TPSA) is 131 Å². The molecule has 1 fully saturated rings. The number of benzene rings is 2. The summed E-state index contributed by atoms with van der Waals surface area (Å²) in [6, 6.07) is 14.1. The van der Waals surface area contributed by atoms with Gasteiger partial charge in [0.25, 0.3) is 11.5 Å². The van der Waals surface area contributed by atoms with Crippen LogP contribution in [-0.4, -0.2) is 57.1 Å². The molecule has 37 heavy (non-hydrogen) atoms. The number of carbonyl (C=O) groups is 2. The van der Waals surface area contributed by atoms with Crippen LogP contribution in [0.15, 0.2) is 63.4 Å². The van der Waals surface area contributed by atoms with Gasteiger partial charge in [-0.05, 0) is 42.8 Å². The smallest absolute Gasteiger partial charge is 0.297 e. The zero-order valence-electron chi connectivity index (χ0n) is 20.6. The van der Waals surface area contributed by atoms with E-state index >= 15 is 0 Å². The van der Waals surface area contributed by atoms with E-state index in [0.717, 1.165) is 16.8 Å². The van der Waals surface area contributed by atoms with E-state index in [4.69, 9.17) is 9.47 Å². The molecule has 1 atom stereocenters. The lowest BCUT2D eigenvalue weighted by Gasteiger charge is -2.10. The molecule has 0 aliphatic carbocycles. The zero-order valence-corrected chi connectivity index (χ0v) is 21.4. The maximum atomic E-state index is 13.3. The van der Waals surface area contributed by atoms with Gasteiger partial charge < -0.3 is 19.4 Å². The van der Waals surface area contributed by atoms with Crippen LogP contribution >= 0.6 is 11.8 Å². The minimum absolute atomic E-state index is 0.0824. The Bertz CT molecular complexity index is 1460. The first kappa shape index (κ1) is 25.8. The van der Waals surface area contributed by atoms with Gasteiger partial charge in [0.1, 0.15) is 0 Å². The van der Waals surface area contributed by atoms with Gasteiger partial charge in [-0.1, -0.05) is 30.0 Å². The van der Waals surface area contributed by atoms with Gasteiger partial charge in [-0.15, -0.1) is 0 Å². The van der Waals surface area contributed by atoms with Crippen LogP contribution < -0.4 is 20.1 Å². The number of hydrogen-bond donors (Lipinski definition) is 0. The summed E-state index contributed by atoms with van der Waals surface area (Å²) >= 11 is 0.917. The summed E-state index contributed by atoms with van der Waals surface area (Å²) in [5.74, 6) is -0.962. The molecule has 0 saturated carbocycles. The Hall–Kier alpha value is -4.32. The third-order valence-corrected chi connectivity index (χ3v) is 6.85. The van der Waals surface area contributed by atoms with E-state index in [2.05, 4.69) is 10.1 Å². The molecule has 2 aromatic carbocycles. The van der Waals surface area contributed by atoms with Crippen LogP contribution in [0.1, 0.15) is 17.7 Å². The van der Waals surface area contributed by atoms with Crippen LogP contribution in [0.4, 0.5) is 5.69 Å². The number of thioether (sulfide) groups is 1. The molecule has 1 aromatic heterocycles. The Balaban J connectivity index is 1.76. The number of aromatic nitrogens is 2. The summed E-state index contributed by atoms with van der Waals surface area (Å²) in [4.78, 5) is 42.1. The second-order valence-corrected chi connectivity index (χ2v) is 9.17. The highest BCUT2D eigenvalue weighted by atomic mass is 32.2. The number of amides is 1. The van der Waals surface area contributed by atoms with Crippen molar-refractivity contribution in [3.63, 3.8) is 0 Å². The average Bonchev–Trinajstić information content (AvgIpc) is 3.29. The van der Waals surface area contributed by atoms with Crippen molar-refractivity contribution in [2.24, 2.45) is 17.1 Å². The Kier molecular flexibility index (Phi) is 7.48. The van der Waals surface area contributed by atoms with Crippen molar-refractivity contribution in [3.05, 3.63) is 70.1 Å². The van der Waals surface area contributed by atoms with E-state index in [1.165, 1.54) is 25.1 Å². The van der Waals surface area contributed by atoms with Gasteiger partial charge >= 0.3 is 0 Å². The Morgan fingerprint density at radius 1 is 1.11 bits per heavy atom. The molecule has 0 bridgehead atoms. The fourth-order valence-corrected chi connectivity index (χ4v) is 4.81. The number of aliphatic carboxylic acids is 1. The summed E-state index contributed by atoms with van der Waals surface area (Å²) in [6.45, 7) is 1.73. The summed E-state index contributed by atoms with van der Waals surface area (Å²) in [6.07, 6.45) is 0.893. The summed E-state index contributed by atoms with van der Waals surface area (Å²) in [5, 5.41) is 15.6. The average molecular weight is 523 g/mol. The highest BCUT2D eigenvalue weighted by Gasteiger charge is 2.39. The number of ether oxygens (including phenoxy) is 2.